The average Bonchev–Trinajstić information content (AvgIpc) is 2.66. The molecule has 2 N–H and O–H groups in total. The Labute approximate surface area is 157 Å². The Morgan fingerprint density at radius 1 is 1.11 bits per heavy atom. The summed E-state index contributed by atoms with van der Waals surface area (Å²) in [6.07, 6.45) is -0.0596. The lowest BCUT2D eigenvalue weighted by Crippen LogP contribution is -2.34. The van der Waals surface area contributed by atoms with Gasteiger partial charge in [0.25, 0.3) is 5.91 Å². The van der Waals surface area contributed by atoms with E-state index in [1.165, 1.54) is 49.4 Å². The number of halogens is 1. The number of hydrogen-bond acceptors (Lipinski definition) is 4. The van der Waals surface area contributed by atoms with Gasteiger partial charge >= 0.3 is 5.97 Å². The molecule has 2 rings (SSSR count). The van der Waals surface area contributed by atoms with Gasteiger partial charge in [0.1, 0.15) is 5.82 Å². The molecule has 1 atom stereocenters. The molecule has 0 radical (unpaired) electrons. The van der Waals surface area contributed by atoms with Crippen molar-refractivity contribution in [2.24, 2.45) is 5.92 Å². The largest absolute Gasteiger partial charge is 0.481 e. The molecule has 0 aromatic heterocycles. The van der Waals surface area contributed by atoms with E-state index in [9.17, 15) is 27.5 Å². The molecule has 0 saturated carbocycles. The van der Waals surface area contributed by atoms with Crippen LogP contribution in [0.25, 0.3) is 0 Å². The highest BCUT2D eigenvalue weighted by Gasteiger charge is 2.21. The van der Waals surface area contributed by atoms with Gasteiger partial charge in [-0.2, -0.15) is 0 Å². The molecular formula is C19H20FNO5S. The van der Waals surface area contributed by atoms with Gasteiger partial charge in [0.15, 0.2) is 9.84 Å². The van der Waals surface area contributed by atoms with E-state index in [2.05, 4.69) is 5.32 Å². The van der Waals surface area contributed by atoms with E-state index in [1.807, 2.05) is 0 Å². The molecule has 0 saturated heterocycles. The van der Waals surface area contributed by atoms with Crippen LogP contribution in [0.5, 0.6) is 0 Å². The minimum absolute atomic E-state index is 0.0467. The fourth-order valence-corrected chi connectivity index (χ4v) is 3.36. The summed E-state index contributed by atoms with van der Waals surface area (Å²) < 4.78 is 37.3. The standard InChI is InChI=1S/C19H20FNO5S/c1-2-27(25,26)16-9-7-13(8-10-16)18(22)21-12-15(19(23)24)11-14-5-3-4-6-17(14)20/h3-10,15H,2,11-12H2,1H3,(H,21,22)(H,23,24). The highest BCUT2D eigenvalue weighted by atomic mass is 32.2. The van der Waals surface area contributed by atoms with Gasteiger partial charge < -0.3 is 10.4 Å². The van der Waals surface area contributed by atoms with Crippen LogP contribution in [0.1, 0.15) is 22.8 Å². The predicted molar refractivity (Wildman–Crippen MR) is 97.7 cm³/mol. The van der Waals surface area contributed by atoms with Crippen molar-refractivity contribution in [2.75, 3.05) is 12.3 Å². The van der Waals surface area contributed by atoms with Crippen molar-refractivity contribution in [1.82, 2.24) is 5.32 Å². The van der Waals surface area contributed by atoms with Crippen molar-refractivity contribution in [3.05, 3.63) is 65.5 Å². The van der Waals surface area contributed by atoms with Crippen LogP contribution in [0.3, 0.4) is 0 Å². The van der Waals surface area contributed by atoms with Crippen LogP contribution in [0.15, 0.2) is 53.4 Å². The number of aliphatic carboxylic acids is 1. The molecule has 0 aliphatic heterocycles. The molecule has 0 bridgehead atoms. The molecule has 6 nitrogen and oxygen atoms in total. The molecule has 2 aromatic rings. The van der Waals surface area contributed by atoms with Gasteiger partial charge in [0, 0.05) is 12.1 Å². The Morgan fingerprint density at radius 3 is 2.30 bits per heavy atom. The SMILES string of the molecule is CCS(=O)(=O)c1ccc(C(=O)NCC(Cc2ccccc2F)C(=O)O)cc1. The molecule has 0 aliphatic carbocycles. The van der Waals surface area contributed by atoms with E-state index in [-0.39, 0.29) is 34.7 Å². The monoisotopic (exact) mass is 393 g/mol. The van der Waals surface area contributed by atoms with Crippen LogP contribution in [-0.2, 0) is 21.1 Å². The molecule has 0 fully saturated rings. The summed E-state index contributed by atoms with van der Waals surface area (Å²) in [6, 6.07) is 11.3. The summed E-state index contributed by atoms with van der Waals surface area (Å²) in [6.45, 7) is 1.34. The molecule has 0 heterocycles. The number of carbonyl (C=O) groups excluding carboxylic acids is 1. The van der Waals surface area contributed by atoms with Crippen molar-refractivity contribution in [3.8, 4) is 0 Å². The third kappa shape index (κ3) is 5.37. The number of carboxylic acid groups (broad SMARTS) is 1. The van der Waals surface area contributed by atoms with Gasteiger partial charge in [-0.05, 0) is 42.3 Å². The average molecular weight is 393 g/mol. The first kappa shape index (κ1) is 20.6. The Balaban J connectivity index is 2.04. The van der Waals surface area contributed by atoms with Gasteiger partial charge in [-0.1, -0.05) is 25.1 Å². The maximum Gasteiger partial charge on any atom is 0.308 e. The van der Waals surface area contributed by atoms with Crippen molar-refractivity contribution < 1.29 is 27.5 Å². The van der Waals surface area contributed by atoms with Gasteiger partial charge in [-0.3, -0.25) is 9.59 Å². The van der Waals surface area contributed by atoms with E-state index in [1.54, 1.807) is 6.07 Å². The summed E-state index contributed by atoms with van der Waals surface area (Å²) in [5.41, 5.74) is 0.466. The lowest BCUT2D eigenvalue weighted by Gasteiger charge is -2.14. The minimum atomic E-state index is -3.36. The number of hydrogen-bond donors (Lipinski definition) is 2. The number of sulfone groups is 1. The van der Waals surface area contributed by atoms with Gasteiger partial charge in [0.2, 0.25) is 0 Å². The smallest absolute Gasteiger partial charge is 0.308 e. The van der Waals surface area contributed by atoms with E-state index in [0.717, 1.165) is 0 Å². The zero-order valence-electron chi connectivity index (χ0n) is 14.7. The molecule has 0 aliphatic rings. The number of benzene rings is 2. The highest BCUT2D eigenvalue weighted by Crippen LogP contribution is 2.14. The van der Waals surface area contributed by atoms with Crippen molar-refractivity contribution in [2.45, 2.75) is 18.2 Å². The van der Waals surface area contributed by atoms with E-state index < -0.39 is 33.4 Å². The first-order chi connectivity index (χ1) is 12.7. The molecule has 8 heteroatoms. The molecule has 2 aromatic carbocycles. The second kappa shape index (κ2) is 8.77. The Bertz CT molecular complexity index is 925. The molecule has 1 amide bonds. The lowest BCUT2D eigenvalue weighted by atomic mass is 9.99. The summed E-state index contributed by atoms with van der Waals surface area (Å²) in [4.78, 5) is 23.7. The fourth-order valence-electron chi connectivity index (χ4n) is 2.47. The molecule has 0 spiro atoms. The first-order valence-corrected chi connectivity index (χ1v) is 9.97. The Hall–Kier alpha value is -2.74. The van der Waals surface area contributed by atoms with Crippen molar-refractivity contribution in [3.63, 3.8) is 0 Å². The van der Waals surface area contributed by atoms with E-state index in [0.29, 0.717) is 0 Å². The summed E-state index contributed by atoms with van der Waals surface area (Å²) in [5, 5.41) is 11.8. The van der Waals surface area contributed by atoms with Crippen LogP contribution < -0.4 is 5.32 Å². The Kier molecular flexibility index (Phi) is 6.68. The lowest BCUT2D eigenvalue weighted by molar-refractivity contribution is -0.141. The van der Waals surface area contributed by atoms with Crippen LogP contribution in [0.2, 0.25) is 0 Å². The van der Waals surface area contributed by atoms with Crippen molar-refractivity contribution in [1.29, 1.82) is 0 Å². The van der Waals surface area contributed by atoms with Crippen LogP contribution in [-0.4, -0.2) is 37.7 Å². The van der Waals surface area contributed by atoms with Gasteiger partial charge in [-0.15, -0.1) is 0 Å². The predicted octanol–water partition coefficient (Wildman–Crippen LogP) is 2.29. The molecule has 27 heavy (non-hydrogen) atoms. The first-order valence-electron chi connectivity index (χ1n) is 8.32. The number of amides is 1. The van der Waals surface area contributed by atoms with Crippen LogP contribution in [0.4, 0.5) is 4.39 Å². The van der Waals surface area contributed by atoms with E-state index in [4.69, 9.17) is 0 Å². The number of carbonyl (C=O) groups is 2. The van der Waals surface area contributed by atoms with Gasteiger partial charge in [-0.25, -0.2) is 12.8 Å². The zero-order valence-corrected chi connectivity index (χ0v) is 15.5. The summed E-state index contributed by atoms with van der Waals surface area (Å²) >= 11 is 0. The van der Waals surface area contributed by atoms with Gasteiger partial charge in [0.05, 0.1) is 16.6 Å². The fraction of sp³-hybridized carbons (Fsp3) is 0.263. The normalized spacial score (nSPS) is 12.4. The number of nitrogens with one attached hydrogen (secondary N) is 1. The van der Waals surface area contributed by atoms with Crippen LogP contribution in [0, 0.1) is 11.7 Å². The van der Waals surface area contributed by atoms with Crippen molar-refractivity contribution >= 4 is 21.7 Å². The summed E-state index contributed by atoms with van der Waals surface area (Å²) in [5.74, 6) is -3.22. The molecule has 1 unspecified atom stereocenters. The molecular weight excluding hydrogens is 373 g/mol. The third-order valence-corrected chi connectivity index (χ3v) is 5.89. The second-order valence-corrected chi connectivity index (χ2v) is 8.25. The topological polar surface area (TPSA) is 101 Å². The quantitative estimate of drug-likeness (QED) is 0.717. The molecule has 144 valence electrons. The number of carboxylic acids is 1. The maximum atomic E-state index is 13.7. The maximum absolute atomic E-state index is 13.7. The Morgan fingerprint density at radius 2 is 1.74 bits per heavy atom. The number of rotatable bonds is 8. The summed E-state index contributed by atoms with van der Waals surface area (Å²) in [7, 11) is -3.36. The minimum Gasteiger partial charge on any atom is -0.481 e. The zero-order chi connectivity index (χ0) is 20.0. The second-order valence-electron chi connectivity index (χ2n) is 5.97. The van der Waals surface area contributed by atoms with Crippen LogP contribution >= 0.6 is 0 Å². The highest BCUT2D eigenvalue weighted by molar-refractivity contribution is 7.91. The van der Waals surface area contributed by atoms with E-state index >= 15 is 0 Å². The third-order valence-electron chi connectivity index (χ3n) is 4.14.